The van der Waals surface area contributed by atoms with Crippen molar-refractivity contribution < 1.29 is 37.0 Å². The van der Waals surface area contributed by atoms with Gasteiger partial charge in [0.15, 0.2) is 17.3 Å². The third-order valence-electron chi connectivity index (χ3n) is 3.37. The lowest BCUT2D eigenvalue weighted by Gasteiger charge is -2.14. The zero-order valence-electron chi connectivity index (χ0n) is 14.7. The Hall–Kier alpha value is -3.05. The summed E-state index contributed by atoms with van der Waals surface area (Å²) in [6, 6.07) is 5.29. The van der Waals surface area contributed by atoms with Crippen LogP contribution in [0.5, 0.6) is 11.5 Å². The second kappa shape index (κ2) is 8.10. The zero-order valence-corrected chi connectivity index (χ0v) is 15.5. The first-order chi connectivity index (χ1) is 12.6. The van der Waals surface area contributed by atoms with E-state index < -0.39 is 21.9 Å². The molecule has 0 atom stereocenters. The summed E-state index contributed by atoms with van der Waals surface area (Å²) in [7, 11) is -0.729. The Kier molecular flexibility index (Phi) is 6.08. The number of carbonyl (C=O) groups excluding carboxylic acids is 1. The number of methoxy groups -OCH3 is 2. The Morgan fingerprint density at radius 1 is 1.19 bits per heavy atom. The van der Waals surface area contributed by atoms with Gasteiger partial charge in [0.2, 0.25) is 10.0 Å². The molecule has 3 N–H and O–H groups in total. The fraction of sp³-hybridized carbons (Fsp3) is 0.250. The lowest BCUT2D eigenvalue weighted by molar-refractivity contribution is 0.0696. The molecule has 2 rings (SSSR count). The van der Waals surface area contributed by atoms with Crippen molar-refractivity contribution in [2.45, 2.75) is 6.54 Å². The summed E-state index contributed by atoms with van der Waals surface area (Å²) in [6.07, 6.45) is 0.999. The van der Waals surface area contributed by atoms with Gasteiger partial charge in [-0.25, -0.2) is 17.9 Å². The lowest BCUT2D eigenvalue weighted by Crippen LogP contribution is -2.20. The molecule has 1 aromatic carbocycles. The van der Waals surface area contributed by atoms with Gasteiger partial charge in [-0.05, 0) is 24.3 Å². The number of nitrogens with one attached hydrogen (secondary N) is 2. The summed E-state index contributed by atoms with van der Waals surface area (Å²) >= 11 is 0. The van der Waals surface area contributed by atoms with E-state index >= 15 is 0 Å². The molecule has 0 fully saturated rings. The molecule has 10 nitrogen and oxygen atoms in total. The van der Waals surface area contributed by atoms with Crippen LogP contribution < -0.4 is 19.5 Å². The van der Waals surface area contributed by atoms with Gasteiger partial charge in [-0.1, -0.05) is 0 Å². The summed E-state index contributed by atoms with van der Waals surface area (Å²) in [5.41, 5.74) is -0.0353. The molecule has 0 spiro atoms. The van der Waals surface area contributed by atoms with Gasteiger partial charge < -0.3 is 24.3 Å². The van der Waals surface area contributed by atoms with E-state index in [-0.39, 0.29) is 40.8 Å². The standard InChI is InChI=1S/C16H18N2O8S/c1-24-13-7-9(16(20)21)6-11(14(13)25-2)18-15(19)12-5-4-10(26-12)8-17-27(3,22)23/h4-7,17H,8H2,1-3H3,(H,18,19)(H,20,21). The predicted molar refractivity (Wildman–Crippen MR) is 94.9 cm³/mol. The van der Waals surface area contributed by atoms with Crippen LogP contribution in [0.4, 0.5) is 5.69 Å². The predicted octanol–water partition coefficient (Wildman–Crippen LogP) is 1.30. The van der Waals surface area contributed by atoms with Crippen LogP contribution in [0.2, 0.25) is 0 Å². The fourth-order valence-electron chi connectivity index (χ4n) is 2.16. The molecule has 0 aliphatic carbocycles. The summed E-state index contributed by atoms with van der Waals surface area (Å²) in [6.45, 7) is -0.113. The van der Waals surface area contributed by atoms with Gasteiger partial charge in [-0.15, -0.1) is 0 Å². The Labute approximate surface area is 155 Å². The summed E-state index contributed by atoms with van der Waals surface area (Å²) < 4.78 is 40.0. The Bertz CT molecular complexity index is 965. The van der Waals surface area contributed by atoms with Crippen LogP contribution >= 0.6 is 0 Å². The van der Waals surface area contributed by atoms with E-state index in [4.69, 9.17) is 13.9 Å². The Morgan fingerprint density at radius 2 is 1.89 bits per heavy atom. The van der Waals surface area contributed by atoms with Crippen molar-refractivity contribution in [2.75, 3.05) is 25.8 Å². The number of furan rings is 1. The average Bonchev–Trinajstić information content (AvgIpc) is 3.07. The minimum absolute atomic E-state index is 0.0754. The number of hydrogen-bond donors (Lipinski definition) is 3. The molecule has 0 radical (unpaired) electrons. The smallest absolute Gasteiger partial charge is 0.335 e. The van der Waals surface area contributed by atoms with Crippen LogP contribution in [0, 0.1) is 0 Å². The first kappa shape index (κ1) is 20.3. The quantitative estimate of drug-likeness (QED) is 0.603. The molecule has 0 aliphatic rings. The van der Waals surface area contributed by atoms with E-state index in [2.05, 4.69) is 10.0 Å². The number of carboxylic acid groups (broad SMARTS) is 1. The molecule has 11 heteroatoms. The topological polar surface area (TPSA) is 144 Å². The number of anilines is 1. The van der Waals surface area contributed by atoms with Gasteiger partial charge in [-0.3, -0.25) is 4.79 Å². The van der Waals surface area contributed by atoms with Crippen LogP contribution in [0.25, 0.3) is 0 Å². The third kappa shape index (κ3) is 5.21. The Balaban J connectivity index is 2.26. The molecule has 2 aromatic rings. The molecule has 0 bridgehead atoms. The van der Waals surface area contributed by atoms with E-state index in [1.807, 2.05) is 0 Å². The number of hydrogen-bond acceptors (Lipinski definition) is 7. The van der Waals surface area contributed by atoms with Gasteiger partial charge in [-0.2, -0.15) is 0 Å². The first-order valence-corrected chi connectivity index (χ1v) is 9.37. The van der Waals surface area contributed by atoms with Crippen molar-refractivity contribution in [1.82, 2.24) is 4.72 Å². The van der Waals surface area contributed by atoms with Crippen LogP contribution in [-0.2, 0) is 16.6 Å². The molecule has 0 saturated heterocycles. The number of carbonyl (C=O) groups is 2. The van der Waals surface area contributed by atoms with Gasteiger partial charge in [0.05, 0.1) is 38.3 Å². The Morgan fingerprint density at radius 3 is 2.44 bits per heavy atom. The van der Waals surface area contributed by atoms with Crippen LogP contribution in [-0.4, -0.2) is 45.9 Å². The minimum atomic E-state index is -3.41. The van der Waals surface area contributed by atoms with Crippen molar-refractivity contribution in [2.24, 2.45) is 0 Å². The maximum Gasteiger partial charge on any atom is 0.335 e. The second-order valence-corrected chi connectivity index (χ2v) is 7.21. The van der Waals surface area contributed by atoms with Gasteiger partial charge in [0, 0.05) is 0 Å². The molecule has 1 aromatic heterocycles. The fourth-order valence-corrected chi connectivity index (χ4v) is 2.57. The largest absolute Gasteiger partial charge is 0.493 e. The minimum Gasteiger partial charge on any atom is -0.493 e. The van der Waals surface area contributed by atoms with Crippen molar-refractivity contribution in [3.8, 4) is 11.5 Å². The maximum absolute atomic E-state index is 12.4. The molecule has 146 valence electrons. The number of rotatable bonds is 8. The highest BCUT2D eigenvalue weighted by atomic mass is 32.2. The lowest BCUT2D eigenvalue weighted by atomic mass is 10.1. The number of aromatic carboxylic acids is 1. The SMILES string of the molecule is COc1cc(C(=O)O)cc(NC(=O)c2ccc(CNS(C)(=O)=O)o2)c1OC. The highest BCUT2D eigenvalue weighted by Gasteiger charge is 2.20. The van der Waals surface area contributed by atoms with Crippen molar-refractivity contribution in [1.29, 1.82) is 0 Å². The van der Waals surface area contributed by atoms with Gasteiger partial charge in [0.25, 0.3) is 5.91 Å². The van der Waals surface area contributed by atoms with E-state index in [0.717, 1.165) is 6.26 Å². The van der Waals surface area contributed by atoms with Crippen molar-refractivity contribution in [3.05, 3.63) is 41.3 Å². The van der Waals surface area contributed by atoms with Crippen molar-refractivity contribution >= 4 is 27.6 Å². The van der Waals surface area contributed by atoms with E-state index in [9.17, 15) is 23.1 Å². The van der Waals surface area contributed by atoms with E-state index in [1.54, 1.807) is 0 Å². The normalized spacial score (nSPS) is 11.1. The van der Waals surface area contributed by atoms with Gasteiger partial charge in [0.1, 0.15) is 5.76 Å². The molecule has 0 unspecified atom stereocenters. The second-order valence-electron chi connectivity index (χ2n) is 5.38. The number of benzene rings is 1. The first-order valence-electron chi connectivity index (χ1n) is 7.48. The molecule has 1 heterocycles. The molecule has 0 saturated carbocycles. The third-order valence-corrected chi connectivity index (χ3v) is 4.04. The molecule has 1 amide bonds. The van der Waals surface area contributed by atoms with Crippen LogP contribution in [0.15, 0.2) is 28.7 Å². The molecule has 27 heavy (non-hydrogen) atoms. The van der Waals surface area contributed by atoms with Crippen LogP contribution in [0.1, 0.15) is 26.7 Å². The average molecular weight is 398 g/mol. The monoisotopic (exact) mass is 398 g/mol. The maximum atomic E-state index is 12.4. The highest BCUT2D eigenvalue weighted by molar-refractivity contribution is 7.88. The van der Waals surface area contributed by atoms with Gasteiger partial charge >= 0.3 is 5.97 Å². The summed E-state index contributed by atoms with van der Waals surface area (Å²) in [5, 5.41) is 11.7. The van der Waals surface area contributed by atoms with Crippen LogP contribution in [0.3, 0.4) is 0 Å². The molecular weight excluding hydrogens is 380 g/mol. The summed E-state index contributed by atoms with van der Waals surface area (Å²) in [4.78, 5) is 23.6. The van der Waals surface area contributed by atoms with E-state index in [1.165, 1.54) is 38.5 Å². The zero-order chi connectivity index (χ0) is 20.2. The molecular formula is C16H18N2O8S. The molecule has 0 aliphatic heterocycles. The number of ether oxygens (including phenoxy) is 2. The van der Waals surface area contributed by atoms with Crippen molar-refractivity contribution in [3.63, 3.8) is 0 Å². The summed E-state index contributed by atoms with van der Waals surface area (Å²) in [5.74, 6) is -1.48. The number of sulfonamides is 1. The van der Waals surface area contributed by atoms with E-state index in [0.29, 0.717) is 0 Å². The number of amides is 1. The highest BCUT2D eigenvalue weighted by Crippen LogP contribution is 2.37. The number of carboxylic acids is 1.